The lowest BCUT2D eigenvalue weighted by molar-refractivity contribution is -0.903. The van der Waals surface area contributed by atoms with Crippen LogP contribution in [0.1, 0.15) is 76.7 Å². The molecule has 0 saturated heterocycles. The molecule has 0 aliphatic heterocycles. The van der Waals surface area contributed by atoms with Crippen molar-refractivity contribution in [3.63, 3.8) is 0 Å². The van der Waals surface area contributed by atoms with Gasteiger partial charge in [-0.1, -0.05) is 88.6 Å². The van der Waals surface area contributed by atoms with Crippen LogP contribution in [-0.2, 0) is 6.54 Å². The molecule has 0 radical (unpaired) electrons. The van der Waals surface area contributed by atoms with Crippen molar-refractivity contribution < 1.29 is 21.5 Å². The molecule has 1 rings (SSSR count). The van der Waals surface area contributed by atoms with Crippen molar-refractivity contribution in [3.05, 3.63) is 35.9 Å². The summed E-state index contributed by atoms with van der Waals surface area (Å²) in [6, 6.07) is 10.9. The fourth-order valence-corrected chi connectivity index (χ4v) is 3.18. The van der Waals surface area contributed by atoms with E-state index in [0.717, 1.165) is 11.0 Å². The van der Waals surface area contributed by atoms with E-state index >= 15 is 0 Å². The lowest BCUT2D eigenvalue weighted by Gasteiger charge is -2.30. The zero-order valence-electron chi connectivity index (χ0n) is 16.8. The number of benzene rings is 1. The average Bonchev–Trinajstić information content (AvgIpc) is 2.49. The van der Waals surface area contributed by atoms with E-state index in [2.05, 4.69) is 51.4 Å². The van der Waals surface area contributed by atoms with Gasteiger partial charge in [0.25, 0.3) is 0 Å². The Labute approximate surface area is 178 Å². The Morgan fingerprint density at radius 1 is 0.720 bits per heavy atom. The van der Waals surface area contributed by atoms with Gasteiger partial charge in [-0.25, -0.2) is 0 Å². The SMILES string of the molecule is Br.CCCCCCCCCCCC[N+](C)(C)Cc1ccccc1.N.[Br-]. The number of rotatable bonds is 13. The standard InChI is InChI=1S/C21H38N.2BrH.H3N/c1-4-5-6-7-8-9-10-11-12-16-19-22(2,3)20-21-17-14-13-15-18-21;;;/h13-15,17-18H,4-12,16,19-20H2,1-3H3;2*1H;1H3/q+1;;;/p-1. The topological polar surface area (TPSA) is 35.0 Å². The molecule has 0 bridgehead atoms. The molecule has 0 fully saturated rings. The molecular weight excluding hydrogens is 440 g/mol. The average molecular weight is 482 g/mol. The van der Waals surface area contributed by atoms with Gasteiger partial charge in [0.1, 0.15) is 6.54 Å². The molecule has 25 heavy (non-hydrogen) atoms. The number of hydrogen-bond donors (Lipinski definition) is 1. The summed E-state index contributed by atoms with van der Waals surface area (Å²) in [7, 11) is 4.72. The van der Waals surface area contributed by atoms with Gasteiger partial charge in [-0.05, 0) is 12.8 Å². The second-order valence-electron chi connectivity index (χ2n) is 7.49. The molecule has 1 aromatic rings. The number of nitrogens with zero attached hydrogens (tertiary/aromatic N) is 1. The first-order chi connectivity index (χ1) is 10.6. The van der Waals surface area contributed by atoms with Crippen LogP contribution in [0.15, 0.2) is 30.3 Å². The summed E-state index contributed by atoms with van der Waals surface area (Å²) in [5.74, 6) is 0. The first-order valence-electron chi connectivity index (χ1n) is 9.50. The van der Waals surface area contributed by atoms with Crippen LogP contribution < -0.4 is 23.1 Å². The molecule has 0 aromatic heterocycles. The summed E-state index contributed by atoms with van der Waals surface area (Å²) in [6.07, 6.45) is 14.2. The maximum Gasteiger partial charge on any atom is 0.104 e. The number of unbranched alkanes of at least 4 members (excludes halogenated alkanes) is 9. The van der Waals surface area contributed by atoms with E-state index in [9.17, 15) is 0 Å². The van der Waals surface area contributed by atoms with Crippen molar-refractivity contribution >= 4 is 17.0 Å². The molecule has 0 aliphatic rings. The van der Waals surface area contributed by atoms with E-state index in [1.54, 1.807) is 0 Å². The van der Waals surface area contributed by atoms with Crippen LogP contribution in [0.5, 0.6) is 0 Å². The summed E-state index contributed by atoms with van der Waals surface area (Å²) >= 11 is 0. The molecule has 0 saturated carbocycles. The Balaban J connectivity index is -0.00000161. The van der Waals surface area contributed by atoms with E-state index in [1.165, 1.54) is 76.3 Å². The second kappa shape index (κ2) is 18.9. The molecule has 0 aliphatic carbocycles. The van der Waals surface area contributed by atoms with Crippen LogP contribution in [-0.4, -0.2) is 25.1 Å². The zero-order chi connectivity index (χ0) is 16.1. The molecule has 0 amide bonds. The lowest BCUT2D eigenvalue weighted by Crippen LogP contribution is -3.00. The molecule has 0 unspecified atom stereocenters. The van der Waals surface area contributed by atoms with Gasteiger partial charge >= 0.3 is 0 Å². The lowest BCUT2D eigenvalue weighted by atomic mass is 10.1. The third-order valence-corrected chi connectivity index (χ3v) is 4.57. The van der Waals surface area contributed by atoms with Crippen LogP contribution >= 0.6 is 17.0 Å². The Bertz CT molecular complexity index is 369. The van der Waals surface area contributed by atoms with Crippen molar-refractivity contribution in [3.8, 4) is 0 Å². The third kappa shape index (κ3) is 17.3. The van der Waals surface area contributed by atoms with E-state index < -0.39 is 0 Å². The maximum absolute atomic E-state index is 2.36. The first kappa shape index (κ1) is 29.8. The first-order valence-corrected chi connectivity index (χ1v) is 9.50. The van der Waals surface area contributed by atoms with Crippen LogP contribution in [0.2, 0.25) is 0 Å². The Morgan fingerprint density at radius 3 is 1.64 bits per heavy atom. The van der Waals surface area contributed by atoms with E-state index in [1.807, 2.05) is 0 Å². The molecule has 1 aromatic carbocycles. The highest BCUT2D eigenvalue weighted by atomic mass is 79.9. The summed E-state index contributed by atoms with van der Waals surface area (Å²) < 4.78 is 1.11. The zero-order valence-corrected chi connectivity index (χ0v) is 20.1. The molecule has 3 N–H and O–H groups in total. The van der Waals surface area contributed by atoms with Gasteiger partial charge in [0.15, 0.2) is 0 Å². The van der Waals surface area contributed by atoms with Crippen LogP contribution in [0.4, 0.5) is 0 Å². The van der Waals surface area contributed by atoms with Gasteiger partial charge in [-0.2, -0.15) is 0 Å². The van der Waals surface area contributed by atoms with E-state index in [0.29, 0.717) is 0 Å². The number of halogens is 2. The predicted octanol–water partition coefficient (Wildman–Crippen LogP) is 3.93. The molecule has 0 atom stereocenters. The molecular formula is C21H42Br2N2. The minimum atomic E-state index is 0. The number of quaternary nitrogens is 1. The van der Waals surface area contributed by atoms with Gasteiger partial charge in [-0.15, -0.1) is 17.0 Å². The largest absolute Gasteiger partial charge is 1.00 e. The molecule has 4 heteroatoms. The van der Waals surface area contributed by atoms with Crippen molar-refractivity contribution in [2.75, 3.05) is 20.6 Å². The highest BCUT2D eigenvalue weighted by Gasteiger charge is 2.14. The molecule has 2 nitrogen and oxygen atoms in total. The highest BCUT2D eigenvalue weighted by molar-refractivity contribution is 8.93. The van der Waals surface area contributed by atoms with Gasteiger partial charge in [0, 0.05) is 5.56 Å². The van der Waals surface area contributed by atoms with Gasteiger partial charge in [-0.3, -0.25) is 0 Å². The third-order valence-electron chi connectivity index (χ3n) is 4.57. The molecule has 150 valence electrons. The summed E-state index contributed by atoms with van der Waals surface area (Å²) in [6.45, 7) is 4.74. The van der Waals surface area contributed by atoms with Crippen molar-refractivity contribution in [2.45, 2.75) is 77.7 Å². The highest BCUT2D eigenvalue weighted by Crippen LogP contribution is 2.13. The van der Waals surface area contributed by atoms with Gasteiger partial charge < -0.3 is 27.6 Å². The fraction of sp³-hybridized carbons (Fsp3) is 0.714. The number of hydrogen-bond acceptors (Lipinski definition) is 1. The van der Waals surface area contributed by atoms with Crippen molar-refractivity contribution in [1.29, 1.82) is 0 Å². The van der Waals surface area contributed by atoms with E-state index in [-0.39, 0.29) is 40.1 Å². The van der Waals surface area contributed by atoms with Crippen LogP contribution in [0.3, 0.4) is 0 Å². The van der Waals surface area contributed by atoms with Crippen molar-refractivity contribution in [1.82, 2.24) is 6.15 Å². The summed E-state index contributed by atoms with van der Waals surface area (Å²) in [4.78, 5) is 0. The maximum atomic E-state index is 2.36. The predicted molar refractivity (Wildman–Crippen MR) is 114 cm³/mol. The minimum absolute atomic E-state index is 0. The van der Waals surface area contributed by atoms with E-state index in [4.69, 9.17) is 0 Å². The normalized spacial score (nSPS) is 10.4. The Morgan fingerprint density at radius 2 is 1.16 bits per heavy atom. The monoisotopic (exact) mass is 480 g/mol. The quantitative estimate of drug-likeness (QED) is 0.336. The summed E-state index contributed by atoms with van der Waals surface area (Å²) in [5, 5.41) is 0. The molecule has 0 heterocycles. The second-order valence-corrected chi connectivity index (χ2v) is 7.49. The Hall–Kier alpha value is 0.100. The summed E-state index contributed by atoms with van der Waals surface area (Å²) in [5.41, 5.74) is 1.46. The van der Waals surface area contributed by atoms with Gasteiger partial charge in [0.05, 0.1) is 20.6 Å². The van der Waals surface area contributed by atoms with Crippen LogP contribution in [0.25, 0.3) is 0 Å². The Kier molecular flexibility index (Phi) is 22.5. The molecule has 0 spiro atoms. The fourth-order valence-electron chi connectivity index (χ4n) is 3.18. The van der Waals surface area contributed by atoms with Crippen molar-refractivity contribution in [2.24, 2.45) is 0 Å². The van der Waals surface area contributed by atoms with Gasteiger partial charge in [0.2, 0.25) is 0 Å². The van der Waals surface area contributed by atoms with Crippen LogP contribution in [0, 0.1) is 0 Å². The minimum Gasteiger partial charge on any atom is -1.00 e. The smallest absolute Gasteiger partial charge is 0.104 e.